The van der Waals surface area contributed by atoms with Crippen molar-refractivity contribution >= 4 is 0 Å². The van der Waals surface area contributed by atoms with Crippen LogP contribution < -0.4 is 5.73 Å². The first-order valence-electron chi connectivity index (χ1n) is 6.35. The Morgan fingerprint density at radius 3 is 3.00 bits per heavy atom. The van der Waals surface area contributed by atoms with Crippen LogP contribution in [0.15, 0.2) is 30.6 Å². The van der Waals surface area contributed by atoms with Crippen molar-refractivity contribution < 1.29 is 0 Å². The molecule has 1 atom stereocenters. The van der Waals surface area contributed by atoms with Gasteiger partial charge in [0.05, 0.1) is 17.9 Å². The first-order chi connectivity index (χ1) is 8.79. The molecule has 0 aliphatic heterocycles. The first-order valence-corrected chi connectivity index (χ1v) is 6.35. The highest BCUT2D eigenvalue weighted by Gasteiger charge is 2.09. The molecular formula is C13H19N5. The molecule has 0 bridgehead atoms. The van der Waals surface area contributed by atoms with Crippen LogP contribution in [0.25, 0.3) is 0 Å². The molecule has 0 fully saturated rings. The van der Waals surface area contributed by atoms with Gasteiger partial charge in [0.25, 0.3) is 0 Å². The highest BCUT2D eigenvalue weighted by Crippen LogP contribution is 2.12. The second-order valence-electron chi connectivity index (χ2n) is 4.37. The van der Waals surface area contributed by atoms with Gasteiger partial charge in [0.1, 0.15) is 0 Å². The zero-order chi connectivity index (χ0) is 12.8. The van der Waals surface area contributed by atoms with Crippen LogP contribution in [-0.2, 0) is 13.0 Å². The predicted octanol–water partition coefficient (Wildman–Crippen LogP) is 1.72. The van der Waals surface area contributed by atoms with E-state index < -0.39 is 0 Å². The monoisotopic (exact) mass is 245 g/mol. The zero-order valence-electron chi connectivity index (χ0n) is 10.7. The average Bonchev–Trinajstić information content (AvgIpc) is 2.87. The van der Waals surface area contributed by atoms with Crippen LogP contribution in [0, 0.1) is 0 Å². The maximum atomic E-state index is 6.00. The lowest BCUT2D eigenvalue weighted by atomic mass is 10.1. The van der Waals surface area contributed by atoms with Crippen LogP contribution in [0.2, 0.25) is 0 Å². The van der Waals surface area contributed by atoms with Crippen molar-refractivity contribution in [2.24, 2.45) is 5.73 Å². The summed E-state index contributed by atoms with van der Waals surface area (Å²) in [5.74, 6) is 0. The van der Waals surface area contributed by atoms with Crippen molar-refractivity contribution in [2.45, 2.75) is 38.8 Å². The molecule has 0 saturated carbocycles. The van der Waals surface area contributed by atoms with Crippen molar-refractivity contribution in [3.63, 3.8) is 0 Å². The molecule has 0 amide bonds. The largest absolute Gasteiger partial charge is 0.323 e. The third-order valence-electron chi connectivity index (χ3n) is 2.86. The Balaban J connectivity index is 1.91. The Morgan fingerprint density at radius 1 is 1.39 bits per heavy atom. The second kappa shape index (κ2) is 6.26. The summed E-state index contributed by atoms with van der Waals surface area (Å²) in [5, 5.41) is 8.21. The first kappa shape index (κ1) is 12.7. The van der Waals surface area contributed by atoms with E-state index in [4.69, 9.17) is 5.73 Å². The van der Waals surface area contributed by atoms with Gasteiger partial charge in [-0.3, -0.25) is 9.67 Å². The molecule has 1 unspecified atom stereocenters. The summed E-state index contributed by atoms with van der Waals surface area (Å²) in [6.45, 7) is 2.90. The zero-order valence-corrected chi connectivity index (χ0v) is 10.7. The average molecular weight is 245 g/mol. The fraction of sp³-hybridized carbons (Fsp3) is 0.462. The van der Waals surface area contributed by atoms with Gasteiger partial charge >= 0.3 is 0 Å². The molecule has 96 valence electrons. The summed E-state index contributed by atoms with van der Waals surface area (Å²) in [5.41, 5.74) is 7.93. The minimum atomic E-state index is -0.00130. The molecule has 2 N–H and O–H groups in total. The van der Waals surface area contributed by atoms with Crippen molar-refractivity contribution in [3.05, 3.63) is 42.0 Å². The molecule has 5 heteroatoms. The predicted molar refractivity (Wildman–Crippen MR) is 69.8 cm³/mol. The lowest BCUT2D eigenvalue weighted by molar-refractivity contribution is 0.583. The fourth-order valence-corrected chi connectivity index (χ4v) is 1.83. The van der Waals surface area contributed by atoms with Crippen LogP contribution in [0.4, 0.5) is 0 Å². The standard InChI is InChI=1S/C13H19N5/c1-2-5-12(14)13-10-18(17-16-13)9-7-11-6-3-4-8-15-11/h3-4,6,8,10,12H,2,5,7,9,14H2,1H3. The van der Waals surface area contributed by atoms with Crippen LogP contribution in [-0.4, -0.2) is 20.0 Å². The molecule has 0 spiro atoms. The molecule has 2 aromatic rings. The Hall–Kier alpha value is -1.75. The van der Waals surface area contributed by atoms with Crippen LogP contribution >= 0.6 is 0 Å². The molecule has 0 saturated heterocycles. The van der Waals surface area contributed by atoms with Crippen molar-refractivity contribution in [2.75, 3.05) is 0 Å². The number of nitrogens with two attached hydrogens (primary N) is 1. The van der Waals surface area contributed by atoms with E-state index in [0.717, 1.165) is 37.2 Å². The number of rotatable bonds is 6. The van der Waals surface area contributed by atoms with Gasteiger partial charge in [-0.05, 0) is 18.6 Å². The maximum Gasteiger partial charge on any atom is 0.0994 e. The van der Waals surface area contributed by atoms with E-state index in [1.54, 1.807) is 6.20 Å². The molecule has 5 nitrogen and oxygen atoms in total. The summed E-state index contributed by atoms with van der Waals surface area (Å²) in [4.78, 5) is 4.28. The number of aryl methyl sites for hydroxylation is 2. The van der Waals surface area contributed by atoms with Crippen molar-refractivity contribution in [1.82, 2.24) is 20.0 Å². The molecule has 2 heterocycles. The van der Waals surface area contributed by atoms with E-state index in [2.05, 4.69) is 22.2 Å². The molecule has 2 aromatic heterocycles. The number of nitrogens with zero attached hydrogens (tertiary/aromatic N) is 4. The van der Waals surface area contributed by atoms with E-state index in [9.17, 15) is 0 Å². The van der Waals surface area contributed by atoms with Crippen LogP contribution in [0.3, 0.4) is 0 Å². The van der Waals surface area contributed by atoms with Gasteiger partial charge < -0.3 is 5.73 Å². The van der Waals surface area contributed by atoms with E-state index in [1.807, 2.05) is 29.1 Å². The van der Waals surface area contributed by atoms with E-state index >= 15 is 0 Å². The third kappa shape index (κ3) is 3.37. The summed E-state index contributed by atoms with van der Waals surface area (Å²) in [6.07, 6.45) is 6.59. The number of aromatic nitrogens is 4. The molecular weight excluding hydrogens is 226 g/mol. The van der Waals surface area contributed by atoms with E-state index in [0.29, 0.717) is 0 Å². The molecule has 0 radical (unpaired) electrons. The molecule has 0 aliphatic carbocycles. The SMILES string of the molecule is CCCC(N)c1cn(CCc2ccccn2)nn1. The smallest absolute Gasteiger partial charge is 0.0994 e. The normalized spacial score (nSPS) is 12.6. The van der Waals surface area contributed by atoms with Gasteiger partial charge in [0.2, 0.25) is 0 Å². The van der Waals surface area contributed by atoms with E-state index in [-0.39, 0.29) is 6.04 Å². The van der Waals surface area contributed by atoms with Gasteiger partial charge in [-0.1, -0.05) is 24.6 Å². The Labute approximate surface area is 107 Å². The highest BCUT2D eigenvalue weighted by molar-refractivity contribution is 5.04. The van der Waals surface area contributed by atoms with Gasteiger partial charge in [-0.2, -0.15) is 0 Å². The number of hydrogen-bond donors (Lipinski definition) is 1. The minimum Gasteiger partial charge on any atom is -0.323 e. The Morgan fingerprint density at radius 2 is 2.28 bits per heavy atom. The highest BCUT2D eigenvalue weighted by atomic mass is 15.4. The van der Waals surface area contributed by atoms with Gasteiger partial charge in [0, 0.05) is 24.9 Å². The van der Waals surface area contributed by atoms with Crippen molar-refractivity contribution in [3.8, 4) is 0 Å². The van der Waals surface area contributed by atoms with Crippen LogP contribution in [0.1, 0.15) is 37.2 Å². The summed E-state index contributed by atoms with van der Waals surface area (Å²) in [7, 11) is 0. The topological polar surface area (TPSA) is 69.6 Å². The summed E-state index contributed by atoms with van der Waals surface area (Å²) < 4.78 is 1.83. The van der Waals surface area contributed by atoms with Crippen LogP contribution in [0.5, 0.6) is 0 Å². The van der Waals surface area contributed by atoms with Crippen molar-refractivity contribution in [1.29, 1.82) is 0 Å². The maximum absolute atomic E-state index is 6.00. The third-order valence-corrected chi connectivity index (χ3v) is 2.86. The minimum absolute atomic E-state index is 0.00130. The summed E-state index contributed by atoms with van der Waals surface area (Å²) >= 11 is 0. The molecule has 0 aliphatic rings. The number of hydrogen-bond acceptors (Lipinski definition) is 4. The van der Waals surface area contributed by atoms with Gasteiger partial charge in [0.15, 0.2) is 0 Å². The van der Waals surface area contributed by atoms with Gasteiger partial charge in [-0.15, -0.1) is 5.10 Å². The summed E-state index contributed by atoms with van der Waals surface area (Å²) in [6, 6.07) is 5.92. The lowest BCUT2D eigenvalue weighted by Gasteiger charge is -2.04. The Kier molecular flexibility index (Phi) is 4.41. The second-order valence-corrected chi connectivity index (χ2v) is 4.37. The van der Waals surface area contributed by atoms with Gasteiger partial charge in [-0.25, -0.2) is 0 Å². The molecule has 0 aromatic carbocycles. The Bertz CT molecular complexity index is 465. The lowest BCUT2D eigenvalue weighted by Crippen LogP contribution is -2.10. The molecule has 2 rings (SSSR count). The quantitative estimate of drug-likeness (QED) is 0.841. The van der Waals surface area contributed by atoms with E-state index in [1.165, 1.54) is 0 Å². The fourth-order valence-electron chi connectivity index (χ4n) is 1.83. The molecule has 18 heavy (non-hydrogen) atoms. The number of pyridine rings is 1.